The van der Waals surface area contributed by atoms with Crippen LogP contribution in [0, 0.1) is 13.8 Å². The molecule has 0 aromatic heterocycles. The zero-order chi connectivity index (χ0) is 20.5. The van der Waals surface area contributed by atoms with Crippen molar-refractivity contribution in [2.45, 2.75) is 20.8 Å². The SMILES string of the molecule is CC(=O)NCCNC(=O)c1ccc(NC(=O)COc2cccc(C)c2C)cc1. The van der Waals surface area contributed by atoms with E-state index >= 15 is 0 Å². The molecule has 0 heterocycles. The van der Waals surface area contributed by atoms with Gasteiger partial charge in [0.2, 0.25) is 5.91 Å². The van der Waals surface area contributed by atoms with E-state index in [1.54, 1.807) is 24.3 Å². The average Bonchev–Trinajstić information content (AvgIpc) is 2.66. The van der Waals surface area contributed by atoms with Gasteiger partial charge in [-0.05, 0) is 55.3 Å². The lowest BCUT2D eigenvalue weighted by Gasteiger charge is -2.11. The lowest BCUT2D eigenvalue weighted by molar-refractivity contribution is -0.119. The number of carbonyl (C=O) groups excluding carboxylic acids is 3. The normalized spacial score (nSPS) is 10.1. The van der Waals surface area contributed by atoms with Crippen molar-refractivity contribution in [1.29, 1.82) is 0 Å². The molecule has 0 spiro atoms. The molecule has 2 aromatic carbocycles. The fourth-order valence-corrected chi connectivity index (χ4v) is 2.44. The Kier molecular flexibility index (Phi) is 7.56. The summed E-state index contributed by atoms with van der Waals surface area (Å²) >= 11 is 0. The van der Waals surface area contributed by atoms with Gasteiger partial charge in [0.15, 0.2) is 6.61 Å². The third-order valence-corrected chi connectivity index (χ3v) is 4.13. The van der Waals surface area contributed by atoms with Crippen LogP contribution in [0.1, 0.15) is 28.4 Å². The summed E-state index contributed by atoms with van der Waals surface area (Å²) < 4.78 is 5.58. The van der Waals surface area contributed by atoms with Gasteiger partial charge in [0.25, 0.3) is 11.8 Å². The molecule has 3 amide bonds. The number of carbonyl (C=O) groups is 3. The molecule has 0 fully saturated rings. The number of anilines is 1. The van der Waals surface area contributed by atoms with E-state index in [1.165, 1.54) is 6.92 Å². The molecule has 7 nitrogen and oxygen atoms in total. The number of rotatable bonds is 8. The highest BCUT2D eigenvalue weighted by molar-refractivity contribution is 5.96. The molecule has 0 unspecified atom stereocenters. The van der Waals surface area contributed by atoms with Gasteiger partial charge in [-0.25, -0.2) is 0 Å². The van der Waals surface area contributed by atoms with Gasteiger partial charge in [-0.1, -0.05) is 12.1 Å². The first kappa shape index (κ1) is 21.0. The molecule has 7 heteroatoms. The number of hydrogen-bond acceptors (Lipinski definition) is 4. The minimum atomic E-state index is -0.284. The molecular weight excluding hydrogens is 358 g/mol. The second-order valence-electron chi connectivity index (χ2n) is 6.35. The maximum atomic E-state index is 12.1. The molecule has 0 bridgehead atoms. The Bertz CT molecular complexity index is 847. The van der Waals surface area contributed by atoms with Gasteiger partial charge in [-0.3, -0.25) is 14.4 Å². The van der Waals surface area contributed by atoms with Crippen LogP contribution in [0.3, 0.4) is 0 Å². The van der Waals surface area contributed by atoms with E-state index in [-0.39, 0.29) is 24.3 Å². The van der Waals surface area contributed by atoms with E-state index in [2.05, 4.69) is 16.0 Å². The zero-order valence-electron chi connectivity index (χ0n) is 16.3. The molecule has 0 aliphatic carbocycles. The predicted octanol–water partition coefficient (Wildman–Crippen LogP) is 2.19. The summed E-state index contributed by atoms with van der Waals surface area (Å²) in [5.41, 5.74) is 3.14. The minimum absolute atomic E-state index is 0.102. The van der Waals surface area contributed by atoms with Crippen molar-refractivity contribution in [1.82, 2.24) is 10.6 Å². The molecular formula is C21H25N3O4. The molecule has 28 heavy (non-hydrogen) atoms. The second-order valence-corrected chi connectivity index (χ2v) is 6.35. The van der Waals surface area contributed by atoms with Gasteiger partial charge in [0.05, 0.1) is 0 Å². The highest BCUT2D eigenvalue weighted by Gasteiger charge is 2.08. The number of benzene rings is 2. The van der Waals surface area contributed by atoms with Crippen LogP contribution in [0.25, 0.3) is 0 Å². The molecule has 0 saturated heterocycles. The predicted molar refractivity (Wildman–Crippen MR) is 107 cm³/mol. The minimum Gasteiger partial charge on any atom is -0.483 e. The van der Waals surface area contributed by atoms with Gasteiger partial charge in [-0.15, -0.1) is 0 Å². The van der Waals surface area contributed by atoms with Gasteiger partial charge < -0.3 is 20.7 Å². The smallest absolute Gasteiger partial charge is 0.262 e. The third kappa shape index (κ3) is 6.42. The number of nitrogens with one attached hydrogen (secondary N) is 3. The third-order valence-electron chi connectivity index (χ3n) is 4.13. The summed E-state index contributed by atoms with van der Waals surface area (Å²) in [7, 11) is 0. The van der Waals surface area contributed by atoms with Crippen molar-refractivity contribution < 1.29 is 19.1 Å². The zero-order valence-corrected chi connectivity index (χ0v) is 16.3. The summed E-state index contributed by atoms with van der Waals surface area (Å²) in [6.45, 7) is 5.96. The lowest BCUT2D eigenvalue weighted by atomic mass is 10.1. The molecule has 0 saturated carbocycles. The van der Waals surface area contributed by atoms with Gasteiger partial charge in [0.1, 0.15) is 5.75 Å². The Balaban J connectivity index is 1.81. The van der Waals surface area contributed by atoms with Crippen LogP contribution in [0.2, 0.25) is 0 Å². The van der Waals surface area contributed by atoms with Crippen molar-refractivity contribution >= 4 is 23.4 Å². The van der Waals surface area contributed by atoms with Crippen molar-refractivity contribution in [2.75, 3.05) is 25.0 Å². The Morgan fingerprint density at radius 3 is 2.29 bits per heavy atom. The Labute approximate surface area is 164 Å². The molecule has 0 aliphatic heterocycles. The van der Waals surface area contributed by atoms with Gasteiger partial charge in [-0.2, -0.15) is 0 Å². The summed E-state index contributed by atoms with van der Waals surface area (Å²) in [4.78, 5) is 34.9. The maximum Gasteiger partial charge on any atom is 0.262 e. The van der Waals surface area contributed by atoms with Gasteiger partial charge in [0, 0.05) is 31.3 Å². The van der Waals surface area contributed by atoms with E-state index < -0.39 is 0 Å². The first-order valence-electron chi connectivity index (χ1n) is 8.98. The largest absolute Gasteiger partial charge is 0.483 e. The van der Waals surface area contributed by atoms with Crippen molar-refractivity contribution in [3.63, 3.8) is 0 Å². The van der Waals surface area contributed by atoms with Gasteiger partial charge >= 0.3 is 0 Å². The average molecular weight is 383 g/mol. The number of amides is 3. The highest BCUT2D eigenvalue weighted by Crippen LogP contribution is 2.20. The Morgan fingerprint density at radius 1 is 0.929 bits per heavy atom. The van der Waals surface area contributed by atoms with E-state index in [0.717, 1.165) is 11.1 Å². The fraction of sp³-hybridized carbons (Fsp3) is 0.286. The van der Waals surface area contributed by atoms with Crippen LogP contribution >= 0.6 is 0 Å². The van der Waals surface area contributed by atoms with Crippen molar-refractivity contribution in [3.05, 3.63) is 59.2 Å². The van der Waals surface area contributed by atoms with Crippen LogP contribution < -0.4 is 20.7 Å². The Hall–Kier alpha value is -3.35. The van der Waals surface area contributed by atoms with E-state index in [0.29, 0.717) is 30.1 Å². The van der Waals surface area contributed by atoms with Crippen LogP contribution in [-0.2, 0) is 9.59 Å². The van der Waals surface area contributed by atoms with E-state index in [1.807, 2.05) is 32.0 Å². The molecule has 2 aromatic rings. The highest BCUT2D eigenvalue weighted by atomic mass is 16.5. The van der Waals surface area contributed by atoms with Crippen LogP contribution in [0.4, 0.5) is 5.69 Å². The standard InChI is InChI=1S/C21H25N3O4/c1-14-5-4-6-19(15(14)2)28-13-20(26)24-18-9-7-17(8-10-18)21(27)23-12-11-22-16(3)25/h4-10H,11-13H2,1-3H3,(H,22,25)(H,23,27)(H,24,26). The number of ether oxygens (including phenoxy) is 1. The lowest BCUT2D eigenvalue weighted by Crippen LogP contribution is -2.33. The van der Waals surface area contributed by atoms with Crippen LogP contribution in [0.5, 0.6) is 5.75 Å². The number of aryl methyl sites for hydroxylation is 1. The maximum absolute atomic E-state index is 12.1. The van der Waals surface area contributed by atoms with Crippen molar-refractivity contribution in [2.24, 2.45) is 0 Å². The monoisotopic (exact) mass is 383 g/mol. The first-order chi connectivity index (χ1) is 13.4. The summed E-state index contributed by atoms with van der Waals surface area (Å²) in [6, 6.07) is 12.2. The van der Waals surface area contributed by atoms with E-state index in [9.17, 15) is 14.4 Å². The molecule has 148 valence electrons. The van der Waals surface area contributed by atoms with Crippen LogP contribution in [0.15, 0.2) is 42.5 Å². The van der Waals surface area contributed by atoms with Crippen molar-refractivity contribution in [3.8, 4) is 5.75 Å². The molecule has 3 N–H and O–H groups in total. The summed E-state index contributed by atoms with van der Waals surface area (Å²) in [5.74, 6) is 0.00668. The molecule has 0 atom stereocenters. The quantitative estimate of drug-likeness (QED) is 0.609. The number of hydrogen-bond donors (Lipinski definition) is 3. The Morgan fingerprint density at radius 2 is 1.61 bits per heavy atom. The molecule has 0 radical (unpaired) electrons. The topological polar surface area (TPSA) is 96.5 Å². The molecule has 2 rings (SSSR count). The summed E-state index contributed by atoms with van der Waals surface area (Å²) in [5, 5.41) is 8.04. The van der Waals surface area contributed by atoms with Crippen LogP contribution in [-0.4, -0.2) is 37.4 Å². The fourth-order valence-electron chi connectivity index (χ4n) is 2.44. The summed E-state index contributed by atoms with van der Waals surface area (Å²) in [6.07, 6.45) is 0. The first-order valence-corrected chi connectivity index (χ1v) is 8.98. The van der Waals surface area contributed by atoms with E-state index in [4.69, 9.17) is 4.74 Å². The second kappa shape index (κ2) is 10.1. The molecule has 0 aliphatic rings.